The van der Waals surface area contributed by atoms with Crippen molar-refractivity contribution in [3.8, 4) is 0 Å². The molecule has 1 aliphatic carbocycles. The zero-order valence-electron chi connectivity index (χ0n) is 9.90. The molecule has 0 radical (unpaired) electrons. The molecule has 1 saturated carbocycles. The van der Waals surface area contributed by atoms with Gasteiger partial charge < -0.3 is 5.32 Å². The van der Waals surface area contributed by atoms with Crippen LogP contribution < -0.4 is 5.32 Å². The fourth-order valence-corrected chi connectivity index (χ4v) is 2.50. The molecule has 1 heterocycles. The lowest BCUT2D eigenvalue weighted by molar-refractivity contribution is 0.253. The molecule has 1 N–H and O–H groups in total. The quantitative estimate of drug-likeness (QED) is 0.808. The summed E-state index contributed by atoms with van der Waals surface area (Å²) in [6.07, 6.45) is 7.98. The maximum Gasteiger partial charge on any atom is 0.0728 e. The molecular formula is C12H21N3. The Balaban J connectivity index is 1.99. The van der Waals surface area contributed by atoms with Crippen LogP contribution in [-0.4, -0.2) is 15.8 Å². The summed E-state index contributed by atoms with van der Waals surface area (Å²) in [5.74, 6) is 1.60. The highest BCUT2D eigenvalue weighted by Crippen LogP contribution is 2.31. The minimum absolute atomic E-state index is 0.623. The minimum atomic E-state index is 0.623. The van der Waals surface area contributed by atoms with E-state index in [0.717, 1.165) is 17.5 Å². The number of hydrogen-bond acceptors (Lipinski definition) is 2. The predicted octanol–water partition coefficient (Wildman–Crippen LogP) is 2.66. The van der Waals surface area contributed by atoms with E-state index in [-0.39, 0.29) is 0 Å². The topological polar surface area (TPSA) is 29.9 Å². The van der Waals surface area contributed by atoms with E-state index < -0.39 is 0 Å². The summed E-state index contributed by atoms with van der Waals surface area (Å²) in [4.78, 5) is 0. The number of rotatable bonds is 2. The Labute approximate surface area is 91.9 Å². The first-order valence-electron chi connectivity index (χ1n) is 5.92. The molecule has 1 fully saturated rings. The van der Waals surface area contributed by atoms with Crippen molar-refractivity contribution < 1.29 is 0 Å². The van der Waals surface area contributed by atoms with Gasteiger partial charge in [-0.25, -0.2) is 0 Å². The SMILES string of the molecule is CC1CCCC(Nc2cnn(C)c2)C1C. The second-order valence-corrected chi connectivity index (χ2v) is 4.92. The Bertz CT molecular complexity index is 318. The van der Waals surface area contributed by atoms with Gasteiger partial charge in [0.2, 0.25) is 0 Å². The fourth-order valence-electron chi connectivity index (χ4n) is 2.50. The largest absolute Gasteiger partial charge is 0.379 e. The van der Waals surface area contributed by atoms with Crippen molar-refractivity contribution in [3.63, 3.8) is 0 Å². The molecular weight excluding hydrogens is 186 g/mol. The lowest BCUT2D eigenvalue weighted by Crippen LogP contribution is -2.34. The molecule has 0 aliphatic heterocycles. The first-order valence-corrected chi connectivity index (χ1v) is 5.92. The molecule has 1 aromatic heterocycles. The summed E-state index contributed by atoms with van der Waals surface area (Å²) in [7, 11) is 1.96. The van der Waals surface area contributed by atoms with Gasteiger partial charge in [0.15, 0.2) is 0 Å². The van der Waals surface area contributed by atoms with Crippen LogP contribution in [0.3, 0.4) is 0 Å². The van der Waals surface area contributed by atoms with Crippen LogP contribution in [0.1, 0.15) is 33.1 Å². The fraction of sp³-hybridized carbons (Fsp3) is 0.750. The van der Waals surface area contributed by atoms with Gasteiger partial charge in [-0.15, -0.1) is 0 Å². The molecule has 3 atom stereocenters. The van der Waals surface area contributed by atoms with Gasteiger partial charge in [0.05, 0.1) is 11.9 Å². The monoisotopic (exact) mass is 207 g/mol. The van der Waals surface area contributed by atoms with Crippen molar-refractivity contribution in [1.82, 2.24) is 9.78 Å². The highest BCUT2D eigenvalue weighted by molar-refractivity contribution is 5.39. The number of nitrogens with zero attached hydrogens (tertiary/aromatic N) is 2. The third kappa shape index (κ3) is 2.33. The normalized spacial score (nSPS) is 31.5. The van der Waals surface area contributed by atoms with E-state index in [1.165, 1.54) is 19.3 Å². The second kappa shape index (κ2) is 4.25. The van der Waals surface area contributed by atoms with Crippen molar-refractivity contribution in [2.75, 3.05) is 5.32 Å². The summed E-state index contributed by atoms with van der Waals surface area (Å²) >= 11 is 0. The summed E-state index contributed by atoms with van der Waals surface area (Å²) < 4.78 is 1.85. The Kier molecular flexibility index (Phi) is 2.98. The summed E-state index contributed by atoms with van der Waals surface area (Å²) in [6, 6.07) is 0.623. The number of aromatic nitrogens is 2. The average molecular weight is 207 g/mol. The predicted molar refractivity (Wildman–Crippen MR) is 62.8 cm³/mol. The van der Waals surface area contributed by atoms with E-state index in [0.29, 0.717) is 6.04 Å². The van der Waals surface area contributed by atoms with Crippen molar-refractivity contribution >= 4 is 5.69 Å². The molecule has 0 bridgehead atoms. The van der Waals surface area contributed by atoms with Crippen molar-refractivity contribution in [2.45, 2.75) is 39.2 Å². The van der Waals surface area contributed by atoms with Gasteiger partial charge >= 0.3 is 0 Å². The molecule has 1 aliphatic rings. The lowest BCUT2D eigenvalue weighted by Gasteiger charge is -2.34. The molecule has 84 valence electrons. The maximum atomic E-state index is 4.18. The van der Waals surface area contributed by atoms with Crippen molar-refractivity contribution in [1.29, 1.82) is 0 Å². The Hall–Kier alpha value is -0.990. The first kappa shape index (κ1) is 10.5. The summed E-state index contributed by atoms with van der Waals surface area (Å²) in [5.41, 5.74) is 1.16. The molecule has 3 nitrogen and oxygen atoms in total. The summed E-state index contributed by atoms with van der Waals surface area (Å²) in [6.45, 7) is 4.72. The van der Waals surface area contributed by atoms with Crippen LogP contribution in [0.5, 0.6) is 0 Å². The van der Waals surface area contributed by atoms with Crippen molar-refractivity contribution in [3.05, 3.63) is 12.4 Å². The van der Waals surface area contributed by atoms with Crippen LogP contribution in [0.15, 0.2) is 12.4 Å². The van der Waals surface area contributed by atoms with Gasteiger partial charge in [0.25, 0.3) is 0 Å². The molecule has 0 saturated heterocycles. The Morgan fingerprint density at radius 2 is 2.20 bits per heavy atom. The van der Waals surface area contributed by atoms with Gasteiger partial charge in [-0.1, -0.05) is 26.7 Å². The standard InChI is InChI=1S/C12H21N3/c1-9-5-4-6-12(10(9)2)14-11-7-13-15(3)8-11/h7-10,12,14H,4-6H2,1-3H3. The van der Waals surface area contributed by atoms with E-state index in [4.69, 9.17) is 0 Å². The van der Waals surface area contributed by atoms with Crippen molar-refractivity contribution in [2.24, 2.45) is 18.9 Å². The van der Waals surface area contributed by atoms with Crippen LogP contribution >= 0.6 is 0 Å². The molecule has 15 heavy (non-hydrogen) atoms. The van der Waals surface area contributed by atoms with Crippen LogP contribution in [0.4, 0.5) is 5.69 Å². The van der Waals surface area contributed by atoms with E-state index >= 15 is 0 Å². The molecule has 3 unspecified atom stereocenters. The van der Waals surface area contributed by atoms with E-state index in [1.54, 1.807) is 0 Å². The molecule has 0 amide bonds. The minimum Gasteiger partial charge on any atom is -0.379 e. The molecule has 0 aromatic carbocycles. The third-order valence-corrected chi connectivity index (χ3v) is 3.76. The second-order valence-electron chi connectivity index (χ2n) is 4.92. The zero-order valence-corrected chi connectivity index (χ0v) is 9.90. The van der Waals surface area contributed by atoms with Gasteiger partial charge in [-0.3, -0.25) is 4.68 Å². The van der Waals surface area contributed by atoms with Crippen LogP contribution in [0, 0.1) is 11.8 Å². The van der Waals surface area contributed by atoms with Gasteiger partial charge in [-0.2, -0.15) is 5.10 Å². The van der Waals surface area contributed by atoms with E-state index in [1.807, 2.05) is 24.1 Å². The first-order chi connectivity index (χ1) is 7.16. The zero-order chi connectivity index (χ0) is 10.8. The van der Waals surface area contributed by atoms with E-state index in [9.17, 15) is 0 Å². The van der Waals surface area contributed by atoms with E-state index in [2.05, 4.69) is 24.3 Å². The van der Waals surface area contributed by atoms with Gasteiger partial charge in [0.1, 0.15) is 0 Å². The summed E-state index contributed by atoms with van der Waals surface area (Å²) in [5, 5.41) is 7.78. The number of aryl methyl sites for hydroxylation is 1. The molecule has 2 rings (SSSR count). The molecule has 3 heteroatoms. The van der Waals surface area contributed by atoms with Crippen LogP contribution in [-0.2, 0) is 7.05 Å². The number of hydrogen-bond donors (Lipinski definition) is 1. The number of anilines is 1. The highest BCUT2D eigenvalue weighted by Gasteiger charge is 2.26. The Morgan fingerprint density at radius 3 is 2.87 bits per heavy atom. The van der Waals surface area contributed by atoms with Gasteiger partial charge in [-0.05, 0) is 18.3 Å². The highest BCUT2D eigenvalue weighted by atomic mass is 15.3. The lowest BCUT2D eigenvalue weighted by atomic mass is 9.78. The van der Waals surface area contributed by atoms with Gasteiger partial charge in [0, 0.05) is 19.3 Å². The number of nitrogens with one attached hydrogen (secondary N) is 1. The van der Waals surface area contributed by atoms with Crippen LogP contribution in [0.2, 0.25) is 0 Å². The Morgan fingerprint density at radius 1 is 1.40 bits per heavy atom. The smallest absolute Gasteiger partial charge is 0.0728 e. The maximum absolute atomic E-state index is 4.18. The average Bonchev–Trinajstić information content (AvgIpc) is 2.59. The third-order valence-electron chi connectivity index (χ3n) is 3.76. The molecule has 0 spiro atoms. The van der Waals surface area contributed by atoms with Crippen LogP contribution in [0.25, 0.3) is 0 Å². The molecule has 1 aromatic rings.